The summed E-state index contributed by atoms with van der Waals surface area (Å²) in [5.41, 5.74) is 0.566. The molecule has 7 nitrogen and oxygen atoms in total. The molecule has 2 rings (SSSR count). The second kappa shape index (κ2) is 22.5. The van der Waals surface area contributed by atoms with Gasteiger partial charge in [0.1, 0.15) is 6.10 Å². The molecular formula is C35H64O7. The van der Waals surface area contributed by atoms with E-state index in [2.05, 4.69) is 6.92 Å². The molecule has 0 radical (unpaired) electrons. The van der Waals surface area contributed by atoms with E-state index < -0.39 is 24.4 Å². The first-order chi connectivity index (χ1) is 20.3. The van der Waals surface area contributed by atoms with Crippen LogP contribution in [0, 0.1) is 0 Å². The topological polar surface area (TPSA) is 116 Å². The largest absolute Gasteiger partial charge is 0.455 e. The molecule has 0 saturated carbocycles. The highest BCUT2D eigenvalue weighted by Gasteiger charge is 2.33. The molecule has 0 spiro atoms. The molecule has 0 unspecified atom stereocenters. The molecular weight excluding hydrogens is 532 g/mol. The third-order valence-electron chi connectivity index (χ3n) is 9.11. The third-order valence-corrected chi connectivity index (χ3v) is 9.11. The van der Waals surface area contributed by atoms with Gasteiger partial charge in [-0.2, -0.15) is 0 Å². The molecule has 0 aromatic carbocycles. The van der Waals surface area contributed by atoms with Gasteiger partial charge >= 0.3 is 5.97 Å². The summed E-state index contributed by atoms with van der Waals surface area (Å²) in [7, 11) is 0. The first-order valence-electron chi connectivity index (χ1n) is 17.6. The Hall–Kier alpha value is -0.990. The van der Waals surface area contributed by atoms with Crippen LogP contribution in [0.3, 0.4) is 0 Å². The van der Waals surface area contributed by atoms with Crippen molar-refractivity contribution in [3.63, 3.8) is 0 Å². The summed E-state index contributed by atoms with van der Waals surface area (Å²) < 4.78 is 11.2. The van der Waals surface area contributed by atoms with Gasteiger partial charge in [-0.15, -0.1) is 0 Å². The van der Waals surface area contributed by atoms with Crippen LogP contribution in [-0.2, 0) is 14.3 Å². The maximum absolute atomic E-state index is 11.7. The summed E-state index contributed by atoms with van der Waals surface area (Å²) in [6.07, 6.45) is 22.1. The molecule has 0 aromatic heterocycles. The summed E-state index contributed by atoms with van der Waals surface area (Å²) in [5, 5.41) is 41.8. The molecule has 246 valence electrons. The quantitative estimate of drug-likeness (QED) is 0.0658. The van der Waals surface area contributed by atoms with Gasteiger partial charge in [0.15, 0.2) is 0 Å². The summed E-state index contributed by atoms with van der Waals surface area (Å²) in [5.74, 6) is -0.322. The number of carbonyl (C=O) groups excluding carboxylic acids is 1. The number of hydrogen-bond donors (Lipinski definition) is 4. The van der Waals surface area contributed by atoms with Gasteiger partial charge in [-0.25, -0.2) is 4.79 Å². The van der Waals surface area contributed by atoms with E-state index in [0.717, 1.165) is 32.1 Å². The van der Waals surface area contributed by atoms with Gasteiger partial charge in [0.05, 0.1) is 36.6 Å². The van der Waals surface area contributed by atoms with Crippen LogP contribution in [0.4, 0.5) is 0 Å². The van der Waals surface area contributed by atoms with Crippen molar-refractivity contribution in [2.75, 3.05) is 0 Å². The molecule has 1 saturated heterocycles. The predicted octanol–water partition coefficient (Wildman–Crippen LogP) is 7.06. The molecule has 2 aliphatic rings. The minimum atomic E-state index is -0.619. The van der Waals surface area contributed by atoms with Crippen molar-refractivity contribution < 1.29 is 34.7 Å². The van der Waals surface area contributed by atoms with Gasteiger partial charge in [0.2, 0.25) is 0 Å². The lowest BCUT2D eigenvalue weighted by Crippen LogP contribution is -2.44. The number of aliphatic hydroxyl groups excluding tert-OH is 4. The Morgan fingerprint density at radius 1 is 0.762 bits per heavy atom. The molecule has 7 atom stereocenters. The van der Waals surface area contributed by atoms with Gasteiger partial charge in [-0.3, -0.25) is 0 Å². The second-order valence-corrected chi connectivity index (χ2v) is 13.1. The van der Waals surface area contributed by atoms with E-state index in [9.17, 15) is 25.2 Å². The van der Waals surface area contributed by atoms with E-state index in [1.165, 1.54) is 70.6 Å². The number of cyclic esters (lactones) is 1. The van der Waals surface area contributed by atoms with E-state index in [1.54, 1.807) is 6.08 Å². The summed E-state index contributed by atoms with van der Waals surface area (Å²) in [4.78, 5) is 11.7. The van der Waals surface area contributed by atoms with Crippen LogP contribution < -0.4 is 0 Å². The number of rotatable bonds is 25. The van der Waals surface area contributed by atoms with Crippen LogP contribution in [0.5, 0.6) is 0 Å². The zero-order valence-electron chi connectivity index (χ0n) is 26.9. The van der Waals surface area contributed by atoms with Gasteiger partial charge in [0, 0.05) is 12.0 Å². The van der Waals surface area contributed by atoms with Crippen molar-refractivity contribution in [3.8, 4) is 0 Å². The van der Waals surface area contributed by atoms with E-state index in [4.69, 9.17) is 9.47 Å². The zero-order chi connectivity index (χ0) is 30.6. The average molecular weight is 597 g/mol. The molecule has 7 heteroatoms. The fourth-order valence-electron chi connectivity index (χ4n) is 6.40. The van der Waals surface area contributed by atoms with Crippen molar-refractivity contribution in [3.05, 3.63) is 11.6 Å². The molecule has 2 heterocycles. The third kappa shape index (κ3) is 16.2. The first-order valence-corrected chi connectivity index (χ1v) is 17.6. The highest BCUT2D eigenvalue weighted by atomic mass is 16.5. The molecule has 1 fully saturated rings. The fraction of sp³-hybridized carbons (Fsp3) is 0.914. The van der Waals surface area contributed by atoms with Crippen LogP contribution in [-0.4, -0.2) is 69.1 Å². The Morgan fingerprint density at radius 3 is 1.93 bits per heavy atom. The van der Waals surface area contributed by atoms with Crippen LogP contribution in [0.15, 0.2) is 11.6 Å². The Bertz CT molecular complexity index is 726. The highest BCUT2D eigenvalue weighted by Crippen LogP contribution is 2.28. The summed E-state index contributed by atoms with van der Waals surface area (Å²) in [6, 6.07) is 0. The minimum absolute atomic E-state index is 0.194. The predicted molar refractivity (Wildman–Crippen MR) is 168 cm³/mol. The number of esters is 1. The van der Waals surface area contributed by atoms with Crippen LogP contribution in [0.1, 0.15) is 162 Å². The van der Waals surface area contributed by atoms with Crippen LogP contribution in [0.2, 0.25) is 0 Å². The molecule has 0 aliphatic carbocycles. The number of hydrogen-bond acceptors (Lipinski definition) is 7. The van der Waals surface area contributed by atoms with E-state index in [0.29, 0.717) is 50.5 Å². The molecule has 42 heavy (non-hydrogen) atoms. The SMILES string of the molecule is CCCCCCCCCCCCCC[C@H]1O[C@@H]([C@H](O)CC[C@H](O)CCCCC[C@H](O)CC2=C[C@H](C)OC2=O)CC[C@H]1O. The number of aliphatic hydroxyl groups is 4. The smallest absolute Gasteiger partial charge is 0.334 e. The van der Waals surface area contributed by atoms with Crippen LogP contribution >= 0.6 is 0 Å². The number of unbranched alkanes of at least 4 members (excludes halogenated alkanes) is 13. The lowest BCUT2D eigenvalue weighted by molar-refractivity contribution is -0.156. The Morgan fingerprint density at radius 2 is 1.33 bits per heavy atom. The molecule has 4 N–H and O–H groups in total. The van der Waals surface area contributed by atoms with Gasteiger partial charge < -0.3 is 29.9 Å². The van der Waals surface area contributed by atoms with Crippen molar-refractivity contribution in [2.24, 2.45) is 0 Å². The zero-order valence-corrected chi connectivity index (χ0v) is 26.9. The van der Waals surface area contributed by atoms with Crippen molar-refractivity contribution in [1.82, 2.24) is 0 Å². The van der Waals surface area contributed by atoms with Crippen LogP contribution in [0.25, 0.3) is 0 Å². The van der Waals surface area contributed by atoms with Gasteiger partial charge in [-0.05, 0) is 57.9 Å². The standard InChI is InChI=1S/C35H64O7/c1-3-4-5-6-7-8-9-10-11-12-13-17-20-33-32(39)23-24-34(42-33)31(38)22-21-29(36)18-15-14-16-19-30(37)26-28-25-27(2)41-35(28)40/h25,27,29-34,36-39H,3-24,26H2,1-2H3/t27-,29+,30-,31+,32+,33+,34+/m0/s1. The lowest BCUT2D eigenvalue weighted by Gasteiger charge is -2.36. The summed E-state index contributed by atoms with van der Waals surface area (Å²) in [6.45, 7) is 4.07. The molecule has 0 aromatic rings. The molecule has 0 bridgehead atoms. The van der Waals surface area contributed by atoms with Crippen molar-refractivity contribution >= 4 is 5.97 Å². The Balaban J connectivity index is 1.47. The van der Waals surface area contributed by atoms with Gasteiger partial charge in [0.25, 0.3) is 0 Å². The van der Waals surface area contributed by atoms with Gasteiger partial charge in [-0.1, -0.05) is 103 Å². The van der Waals surface area contributed by atoms with E-state index in [1.807, 2.05) is 6.92 Å². The summed E-state index contributed by atoms with van der Waals surface area (Å²) >= 11 is 0. The van der Waals surface area contributed by atoms with E-state index >= 15 is 0 Å². The van der Waals surface area contributed by atoms with Crippen molar-refractivity contribution in [2.45, 2.75) is 204 Å². The Kier molecular flexibility index (Phi) is 19.9. The van der Waals surface area contributed by atoms with E-state index in [-0.39, 0.29) is 24.3 Å². The van der Waals surface area contributed by atoms with Crippen molar-refractivity contribution in [1.29, 1.82) is 0 Å². The maximum atomic E-state index is 11.7. The normalized spacial score (nSPS) is 24.8. The highest BCUT2D eigenvalue weighted by molar-refractivity contribution is 5.90. The average Bonchev–Trinajstić information content (AvgIpc) is 3.28. The Labute approximate surface area is 256 Å². The fourth-order valence-corrected chi connectivity index (χ4v) is 6.40. The maximum Gasteiger partial charge on any atom is 0.334 e. The number of ether oxygens (including phenoxy) is 2. The number of carbonyl (C=O) groups is 1. The second-order valence-electron chi connectivity index (χ2n) is 13.1. The first kappa shape index (κ1) is 37.2. The minimum Gasteiger partial charge on any atom is -0.455 e. The lowest BCUT2D eigenvalue weighted by atomic mass is 9.92. The monoisotopic (exact) mass is 596 g/mol. The molecule has 2 aliphatic heterocycles. The molecule has 0 amide bonds.